The number of hydrogen-bond donors (Lipinski definition) is 0. The molecule has 9 heteroatoms. The maximum atomic E-state index is 14.2. The number of nitrogens with zero attached hydrogens (tertiary/aromatic N) is 5. The van der Waals surface area contributed by atoms with Gasteiger partial charge in [-0.05, 0) is 51.0 Å². The van der Waals surface area contributed by atoms with Crippen LogP contribution in [-0.2, 0) is 4.74 Å². The second-order valence-electron chi connectivity index (χ2n) is 8.31. The maximum absolute atomic E-state index is 14.2. The van der Waals surface area contributed by atoms with Gasteiger partial charge in [-0.1, -0.05) is 0 Å². The summed E-state index contributed by atoms with van der Waals surface area (Å²) < 4.78 is 26.0. The Hall–Kier alpha value is -3.33. The molecule has 0 atom stereocenters. The summed E-state index contributed by atoms with van der Waals surface area (Å²) in [4.78, 5) is 24.2. The van der Waals surface area contributed by atoms with Crippen LogP contribution in [-0.4, -0.2) is 64.0 Å². The van der Waals surface area contributed by atoms with Gasteiger partial charge in [0.1, 0.15) is 0 Å². The molecule has 2 aromatic heterocycles. The largest absolute Gasteiger partial charge is 0.494 e. The second-order valence-corrected chi connectivity index (χ2v) is 8.31. The van der Waals surface area contributed by atoms with Crippen molar-refractivity contribution in [3.05, 3.63) is 53.7 Å². The van der Waals surface area contributed by atoms with Crippen LogP contribution >= 0.6 is 0 Å². The minimum Gasteiger partial charge on any atom is -0.494 e. The van der Waals surface area contributed by atoms with Gasteiger partial charge >= 0.3 is 0 Å². The lowest BCUT2D eigenvalue weighted by molar-refractivity contribution is 0.0633. The molecule has 0 N–H and O–H groups in total. The molecule has 1 saturated carbocycles. The number of ether oxygens (including phenoxy) is 2. The highest BCUT2D eigenvalue weighted by Gasteiger charge is 2.35. The average Bonchev–Trinajstić information content (AvgIpc) is 3.56. The summed E-state index contributed by atoms with van der Waals surface area (Å²) in [7, 11) is 3.04. The van der Waals surface area contributed by atoms with Crippen molar-refractivity contribution in [1.29, 1.82) is 0 Å². The molecule has 1 aliphatic rings. The molecule has 174 valence electrons. The number of rotatable bonds is 9. The highest BCUT2D eigenvalue weighted by atomic mass is 19.1. The zero-order valence-electron chi connectivity index (χ0n) is 19.3. The molecule has 2 heterocycles. The summed E-state index contributed by atoms with van der Waals surface area (Å²) in [6, 6.07) is 6.41. The molecule has 0 radical (unpaired) electrons. The molecule has 0 bridgehead atoms. The van der Waals surface area contributed by atoms with Crippen LogP contribution in [0.2, 0.25) is 0 Å². The van der Waals surface area contributed by atoms with Gasteiger partial charge in [0, 0.05) is 37.4 Å². The molecule has 4 rings (SSSR count). The van der Waals surface area contributed by atoms with Crippen LogP contribution in [0.5, 0.6) is 5.75 Å². The highest BCUT2D eigenvalue weighted by molar-refractivity contribution is 5.95. The Labute approximate surface area is 192 Å². The molecule has 33 heavy (non-hydrogen) atoms. The van der Waals surface area contributed by atoms with E-state index in [9.17, 15) is 9.18 Å². The average molecular weight is 454 g/mol. The van der Waals surface area contributed by atoms with E-state index in [0.29, 0.717) is 35.9 Å². The van der Waals surface area contributed by atoms with Crippen molar-refractivity contribution in [2.75, 3.05) is 27.4 Å². The van der Waals surface area contributed by atoms with Crippen LogP contribution in [0.25, 0.3) is 17.2 Å². The molecule has 0 spiro atoms. The van der Waals surface area contributed by atoms with Crippen molar-refractivity contribution < 1.29 is 18.7 Å². The van der Waals surface area contributed by atoms with E-state index >= 15 is 0 Å². The summed E-state index contributed by atoms with van der Waals surface area (Å²) in [6.45, 7) is 4.92. The fraction of sp³-hybridized carbons (Fsp3) is 0.417. The lowest BCUT2D eigenvalue weighted by Crippen LogP contribution is -2.39. The van der Waals surface area contributed by atoms with Crippen molar-refractivity contribution in [2.24, 2.45) is 0 Å². The van der Waals surface area contributed by atoms with Gasteiger partial charge in [0.15, 0.2) is 11.6 Å². The molecule has 1 fully saturated rings. The third kappa shape index (κ3) is 4.73. The van der Waals surface area contributed by atoms with Crippen LogP contribution in [0, 0.1) is 5.82 Å². The van der Waals surface area contributed by atoms with Crippen LogP contribution in [0.1, 0.15) is 48.7 Å². The van der Waals surface area contributed by atoms with E-state index in [0.717, 1.165) is 18.5 Å². The number of benzene rings is 1. The molecule has 1 aliphatic carbocycles. The molecule has 8 nitrogen and oxygen atoms in total. The number of carbonyl (C=O) groups excluding carboxylic acids is 1. The summed E-state index contributed by atoms with van der Waals surface area (Å²) in [5.74, 6) is 0.197. The highest BCUT2D eigenvalue weighted by Crippen LogP contribution is 2.42. The van der Waals surface area contributed by atoms with E-state index in [2.05, 4.69) is 15.1 Å². The van der Waals surface area contributed by atoms with Crippen LogP contribution in [0.4, 0.5) is 4.39 Å². The lowest BCUT2D eigenvalue weighted by atomic mass is 10.1. The zero-order valence-corrected chi connectivity index (χ0v) is 19.3. The summed E-state index contributed by atoms with van der Waals surface area (Å²) in [5, 5.41) is 4.49. The van der Waals surface area contributed by atoms with Gasteiger partial charge in [0.2, 0.25) is 0 Å². The summed E-state index contributed by atoms with van der Waals surface area (Å²) >= 11 is 0. The minimum atomic E-state index is -0.467. The summed E-state index contributed by atoms with van der Waals surface area (Å²) in [5.41, 5.74) is 2.53. The first kappa shape index (κ1) is 22.8. The summed E-state index contributed by atoms with van der Waals surface area (Å²) in [6.07, 6.45) is 5.17. The Kier molecular flexibility index (Phi) is 6.69. The van der Waals surface area contributed by atoms with Gasteiger partial charge < -0.3 is 14.4 Å². The molecule has 0 aliphatic heterocycles. The SMILES string of the molecule is COCCN(C(=O)c1cnn(-c2nccc(-c3ccc(OC)c(F)c3)n2)c1C1CC1)C(C)C. The Balaban J connectivity index is 1.71. The van der Waals surface area contributed by atoms with E-state index in [1.807, 2.05) is 13.8 Å². The van der Waals surface area contributed by atoms with Gasteiger partial charge in [0.05, 0.1) is 36.9 Å². The Morgan fingerprint density at radius 2 is 2.06 bits per heavy atom. The first-order chi connectivity index (χ1) is 15.9. The fourth-order valence-corrected chi connectivity index (χ4v) is 3.81. The molecular formula is C24H28FN5O3. The van der Waals surface area contributed by atoms with Crippen molar-refractivity contribution in [2.45, 2.75) is 38.6 Å². The van der Waals surface area contributed by atoms with Gasteiger partial charge in [0.25, 0.3) is 11.9 Å². The van der Waals surface area contributed by atoms with E-state index < -0.39 is 5.82 Å². The monoisotopic (exact) mass is 453 g/mol. The van der Waals surface area contributed by atoms with Crippen LogP contribution < -0.4 is 4.74 Å². The first-order valence-electron chi connectivity index (χ1n) is 11.0. The molecule has 3 aromatic rings. The molecular weight excluding hydrogens is 425 g/mol. The standard InChI is InChI=1S/C24H28FN5O3/c1-15(2)29(11-12-32-3)23(31)18-14-27-30(22(18)16-5-6-16)24-26-10-9-20(28-24)17-7-8-21(33-4)19(25)13-17/h7-10,13-16H,5-6,11-12H2,1-4H3. The molecule has 1 aromatic carbocycles. The minimum absolute atomic E-state index is 0.0209. The van der Waals surface area contributed by atoms with Gasteiger partial charge in [-0.25, -0.2) is 19.0 Å². The molecule has 0 saturated heterocycles. The fourth-order valence-electron chi connectivity index (χ4n) is 3.81. The normalized spacial score (nSPS) is 13.4. The van der Waals surface area contributed by atoms with Crippen molar-refractivity contribution >= 4 is 5.91 Å². The predicted octanol–water partition coefficient (Wildman–Crippen LogP) is 3.85. The third-order valence-corrected chi connectivity index (χ3v) is 5.70. The third-order valence-electron chi connectivity index (χ3n) is 5.70. The number of methoxy groups -OCH3 is 2. The van der Waals surface area contributed by atoms with E-state index in [4.69, 9.17) is 9.47 Å². The first-order valence-corrected chi connectivity index (χ1v) is 11.0. The Morgan fingerprint density at radius 1 is 1.27 bits per heavy atom. The van der Waals surface area contributed by atoms with Crippen molar-refractivity contribution in [3.8, 4) is 23.0 Å². The van der Waals surface area contributed by atoms with E-state index in [1.54, 1.807) is 47.3 Å². The van der Waals surface area contributed by atoms with Gasteiger partial charge in [-0.3, -0.25) is 4.79 Å². The van der Waals surface area contributed by atoms with Gasteiger partial charge in [-0.2, -0.15) is 5.10 Å². The topological polar surface area (TPSA) is 82.4 Å². The van der Waals surface area contributed by atoms with Crippen molar-refractivity contribution in [3.63, 3.8) is 0 Å². The number of hydrogen-bond acceptors (Lipinski definition) is 6. The second kappa shape index (κ2) is 9.66. The molecule has 1 amide bonds. The van der Waals surface area contributed by atoms with E-state index in [-0.39, 0.29) is 23.6 Å². The smallest absolute Gasteiger partial charge is 0.257 e. The van der Waals surface area contributed by atoms with Crippen LogP contribution in [0.15, 0.2) is 36.7 Å². The number of aromatic nitrogens is 4. The number of carbonyl (C=O) groups is 1. The lowest BCUT2D eigenvalue weighted by Gasteiger charge is -2.26. The predicted molar refractivity (Wildman–Crippen MR) is 121 cm³/mol. The zero-order chi connectivity index (χ0) is 23.5. The number of amides is 1. The van der Waals surface area contributed by atoms with E-state index in [1.165, 1.54) is 13.2 Å². The maximum Gasteiger partial charge on any atom is 0.257 e. The Bertz CT molecular complexity index is 1140. The van der Waals surface area contributed by atoms with Gasteiger partial charge in [-0.15, -0.1) is 0 Å². The number of halogens is 1. The quantitative estimate of drug-likeness (QED) is 0.489. The van der Waals surface area contributed by atoms with Crippen LogP contribution in [0.3, 0.4) is 0 Å². The molecule has 0 unspecified atom stereocenters. The Morgan fingerprint density at radius 3 is 2.70 bits per heavy atom. The van der Waals surface area contributed by atoms with Crippen molar-refractivity contribution in [1.82, 2.24) is 24.6 Å².